The molecule has 0 aliphatic rings. The predicted molar refractivity (Wildman–Crippen MR) is 111 cm³/mol. The molecule has 0 radical (unpaired) electrons. The molecule has 0 aliphatic heterocycles. The second kappa shape index (κ2) is 13.3. The van der Waals surface area contributed by atoms with Crippen LogP contribution in [-0.4, -0.2) is 64.9 Å². The topological polar surface area (TPSA) is 58.1 Å². The van der Waals surface area contributed by atoms with Crippen molar-refractivity contribution >= 4 is 29.9 Å². The molecular formula is C17H31IN4O2. The van der Waals surface area contributed by atoms with Gasteiger partial charge < -0.3 is 25.0 Å². The molecule has 0 saturated heterocycles. The molecule has 2 N–H and O–H groups in total. The second-order valence-electron chi connectivity index (χ2n) is 5.73. The number of nitrogens with one attached hydrogen (secondary N) is 2. The minimum Gasteiger partial charge on any atom is -0.492 e. The molecule has 0 aliphatic carbocycles. The summed E-state index contributed by atoms with van der Waals surface area (Å²) in [6.45, 7) is 4.95. The van der Waals surface area contributed by atoms with Gasteiger partial charge in [0, 0.05) is 33.3 Å². The third-order valence-electron chi connectivity index (χ3n) is 3.19. The van der Waals surface area contributed by atoms with Crippen LogP contribution in [0.1, 0.15) is 12.5 Å². The smallest absolute Gasteiger partial charge is 0.191 e. The second-order valence-corrected chi connectivity index (χ2v) is 5.73. The Kier molecular flexibility index (Phi) is 12.7. The van der Waals surface area contributed by atoms with Gasteiger partial charge in [-0.2, -0.15) is 0 Å². The van der Waals surface area contributed by atoms with E-state index in [0.29, 0.717) is 19.8 Å². The highest BCUT2D eigenvalue weighted by atomic mass is 127. The molecule has 1 rings (SSSR count). The first-order valence-corrected chi connectivity index (χ1v) is 7.87. The highest BCUT2D eigenvalue weighted by Gasteiger charge is 2.05. The SMILES string of the molecule is CN=C(NCc1cccc(OCCN(C)C)c1)NC(C)COC.I. The molecule has 7 heteroatoms. The average Bonchev–Trinajstić information content (AvgIpc) is 2.51. The fourth-order valence-corrected chi connectivity index (χ4v) is 2.00. The van der Waals surface area contributed by atoms with Crippen molar-refractivity contribution in [3.63, 3.8) is 0 Å². The fraction of sp³-hybridized carbons (Fsp3) is 0.588. The van der Waals surface area contributed by atoms with Crippen molar-refractivity contribution in [2.75, 3.05) is 48.0 Å². The zero-order valence-electron chi connectivity index (χ0n) is 15.3. The minimum absolute atomic E-state index is 0. The first-order chi connectivity index (χ1) is 11.0. The molecule has 0 bridgehead atoms. The summed E-state index contributed by atoms with van der Waals surface area (Å²) >= 11 is 0. The normalized spacial score (nSPS) is 12.5. The summed E-state index contributed by atoms with van der Waals surface area (Å²) in [6.07, 6.45) is 0. The standard InChI is InChI=1S/C17H30N4O2.HI/c1-14(13-22-5)20-17(18-2)19-12-15-7-6-8-16(11-15)23-10-9-21(3)4;/h6-8,11,14H,9-10,12-13H2,1-5H3,(H2,18,19,20);1H. The summed E-state index contributed by atoms with van der Waals surface area (Å²) in [5.41, 5.74) is 1.15. The van der Waals surface area contributed by atoms with E-state index in [1.165, 1.54) is 0 Å². The highest BCUT2D eigenvalue weighted by molar-refractivity contribution is 14.0. The summed E-state index contributed by atoms with van der Waals surface area (Å²) in [7, 11) is 7.52. The number of ether oxygens (including phenoxy) is 2. The molecule has 24 heavy (non-hydrogen) atoms. The number of nitrogens with zero attached hydrogens (tertiary/aromatic N) is 2. The van der Waals surface area contributed by atoms with E-state index in [1.807, 2.05) is 26.2 Å². The number of halogens is 1. The van der Waals surface area contributed by atoms with Crippen LogP contribution in [0.15, 0.2) is 29.3 Å². The lowest BCUT2D eigenvalue weighted by atomic mass is 10.2. The van der Waals surface area contributed by atoms with Crippen molar-refractivity contribution in [3.05, 3.63) is 29.8 Å². The number of hydrogen-bond acceptors (Lipinski definition) is 4. The maximum atomic E-state index is 5.76. The van der Waals surface area contributed by atoms with Crippen LogP contribution >= 0.6 is 24.0 Å². The Morgan fingerprint density at radius 3 is 2.71 bits per heavy atom. The number of hydrogen-bond donors (Lipinski definition) is 2. The Morgan fingerprint density at radius 2 is 2.08 bits per heavy atom. The average molecular weight is 450 g/mol. The maximum absolute atomic E-state index is 5.76. The molecule has 0 heterocycles. The highest BCUT2D eigenvalue weighted by Crippen LogP contribution is 2.13. The van der Waals surface area contributed by atoms with Crippen LogP contribution in [0.5, 0.6) is 5.75 Å². The molecule has 0 spiro atoms. The molecular weight excluding hydrogens is 419 g/mol. The van der Waals surface area contributed by atoms with Gasteiger partial charge in [-0.25, -0.2) is 0 Å². The number of methoxy groups -OCH3 is 1. The monoisotopic (exact) mass is 450 g/mol. The van der Waals surface area contributed by atoms with Gasteiger partial charge in [-0.05, 0) is 38.7 Å². The summed E-state index contributed by atoms with van der Waals surface area (Å²) in [6, 6.07) is 8.30. The molecule has 1 aromatic rings. The van der Waals surface area contributed by atoms with E-state index in [9.17, 15) is 0 Å². The van der Waals surface area contributed by atoms with Gasteiger partial charge in [-0.3, -0.25) is 4.99 Å². The molecule has 0 aromatic heterocycles. The third kappa shape index (κ3) is 9.94. The van der Waals surface area contributed by atoms with Crippen molar-refractivity contribution < 1.29 is 9.47 Å². The maximum Gasteiger partial charge on any atom is 0.191 e. The third-order valence-corrected chi connectivity index (χ3v) is 3.19. The fourth-order valence-electron chi connectivity index (χ4n) is 2.00. The quantitative estimate of drug-likeness (QED) is 0.342. The van der Waals surface area contributed by atoms with Crippen LogP contribution in [0.2, 0.25) is 0 Å². The Bertz CT molecular complexity index is 483. The number of likely N-dealkylation sites (N-methyl/N-ethyl adjacent to an activating group) is 1. The largest absolute Gasteiger partial charge is 0.492 e. The van der Waals surface area contributed by atoms with Crippen LogP contribution in [0.4, 0.5) is 0 Å². The van der Waals surface area contributed by atoms with Gasteiger partial charge in [0.2, 0.25) is 0 Å². The Hall–Kier alpha value is -1.06. The van der Waals surface area contributed by atoms with Gasteiger partial charge in [-0.1, -0.05) is 12.1 Å². The van der Waals surface area contributed by atoms with E-state index in [0.717, 1.165) is 23.8 Å². The molecule has 6 nitrogen and oxygen atoms in total. The minimum atomic E-state index is 0. The Morgan fingerprint density at radius 1 is 1.33 bits per heavy atom. The molecule has 1 aromatic carbocycles. The summed E-state index contributed by atoms with van der Waals surface area (Å²) in [5.74, 6) is 1.65. The van der Waals surface area contributed by atoms with E-state index in [1.54, 1.807) is 14.2 Å². The number of aliphatic imine (C=N–C) groups is 1. The zero-order valence-corrected chi connectivity index (χ0v) is 17.7. The first kappa shape index (κ1) is 22.9. The molecule has 1 unspecified atom stereocenters. The predicted octanol–water partition coefficient (Wildman–Crippen LogP) is 1.94. The first-order valence-electron chi connectivity index (χ1n) is 7.87. The van der Waals surface area contributed by atoms with Gasteiger partial charge in [0.25, 0.3) is 0 Å². The molecule has 0 amide bonds. The number of benzene rings is 1. The van der Waals surface area contributed by atoms with Crippen molar-refractivity contribution in [2.45, 2.75) is 19.5 Å². The zero-order chi connectivity index (χ0) is 17.1. The van der Waals surface area contributed by atoms with E-state index in [2.05, 4.69) is 39.6 Å². The number of guanidine groups is 1. The Balaban J connectivity index is 0.00000529. The van der Waals surface area contributed by atoms with Gasteiger partial charge in [0.1, 0.15) is 12.4 Å². The molecule has 138 valence electrons. The van der Waals surface area contributed by atoms with Crippen molar-refractivity contribution in [1.82, 2.24) is 15.5 Å². The van der Waals surface area contributed by atoms with E-state index < -0.39 is 0 Å². The van der Waals surface area contributed by atoms with Gasteiger partial charge in [0.15, 0.2) is 5.96 Å². The van der Waals surface area contributed by atoms with E-state index in [-0.39, 0.29) is 30.0 Å². The summed E-state index contributed by atoms with van der Waals surface area (Å²) < 4.78 is 10.9. The van der Waals surface area contributed by atoms with Crippen molar-refractivity contribution in [1.29, 1.82) is 0 Å². The van der Waals surface area contributed by atoms with Gasteiger partial charge >= 0.3 is 0 Å². The summed E-state index contributed by atoms with van der Waals surface area (Å²) in [4.78, 5) is 6.32. The van der Waals surface area contributed by atoms with E-state index >= 15 is 0 Å². The number of rotatable bonds is 9. The van der Waals surface area contributed by atoms with Crippen LogP contribution < -0.4 is 15.4 Å². The summed E-state index contributed by atoms with van der Waals surface area (Å²) in [5, 5.41) is 6.57. The van der Waals surface area contributed by atoms with Crippen LogP contribution in [-0.2, 0) is 11.3 Å². The molecule has 0 saturated carbocycles. The van der Waals surface area contributed by atoms with Crippen LogP contribution in [0.3, 0.4) is 0 Å². The van der Waals surface area contributed by atoms with Crippen molar-refractivity contribution in [2.24, 2.45) is 4.99 Å². The lowest BCUT2D eigenvalue weighted by molar-refractivity contribution is 0.179. The lowest BCUT2D eigenvalue weighted by Gasteiger charge is -2.17. The lowest BCUT2D eigenvalue weighted by Crippen LogP contribution is -2.43. The van der Waals surface area contributed by atoms with Crippen LogP contribution in [0, 0.1) is 0 Å². The van der Waals surface area contributed by atoms with Crippen molar-refractivity contribution in [3.8, 4) is 5.75 Å². The van der Waals surface area contributed by atoms with E-state index in [4.69, 9.17) is 9.47 Å². The van der Waals surface area contributed by atoms with Gasteiger partial charge in [-0.15, -0.1) is 24.0 Å². The van der Waals surface area contributed by atoms with Crippen LogP contribution in [0.25, 0.3) is 0 Å². The van der Waals surface area contributed by atoms with Gasteiger partial charge in [0.05, 0.1) is 6.61 Å². The Labute approximate surface area is 163 Å². The molecule has 1 atom stereocenters. The molecule has 0 fully saturated rings.